The molecule has 0 aliphatic rings. The van der Waals surface area contributed by atoms with Crippen molar-refractivity contribution in [2.45, 2.75) is 40.0 Å². The molecular formula is C24H33N3O4S. The monoisotopic (exact) mass is 459 g/mol. The zero-order chi connectivity index (χ0) is 24.1. The summed E-state index contributed by atoms with van der Waals surface area (Å²) in [7, 11) is -3.70. The summed E-state index contributed by atoms with van der Waals surface area (Å²) in [6.07, 6.45) is 1.07. The van der Waals surface area contributed by atoms with Gasteiger partial charge in [0.2, 0.25) is 15.9 Å². The maximum atomic E-state index is 12.8. The molecule has 1 N–H and O–H groups in total. The molecule has 174 valence electrons. The van der Waals surface area contributed by atoms with Crippen molar-refractivity contribution in [2.24, 2.45) is 0 Å². The van der Waals surface area contributed by atoms with Gasteiger partial charge in [0.05, 0.1) is 23.2 Å². The minimum Gasteiger partial charge on any atom is -0.339 e. The van der Waals surface area contributed by atoms with Gasteiger partial charge in [-0.25, -0.2) is 8.42 Å². The van der Waals surface area contributed by atoms with E-state index in [4.69, 9.17) is 0 Å². The molecule has 0 unspecified atom stereocenters. The highest BCUT2D eigenvalue weighted by atomic mass is 32.2. The van der Waals surface area contributed by atoms with Crippen LogP contribution in [0, 0.1) is 0 Å². The average molecular weight is 460 g/mol. The van der Waals surface area contributed by atoms with E-state index < -0.39 is 22.5 Å². The molecule has 2 rings (SSSR count). The SMILES string of the molecule is CCN(CC)C(=O)c1ccccc1NC(=O)CN(c1ccc(C(C)(C)C)cc1)S(C)(=O)=O. The van der Waals surface area contributed by atoms with Crippen LogP contribution in [0.3, 0.4) is 0 Å². The molecule has 0 aliphatic carbocycles. The molecule has 0 aliphatic heterocycles. The number of carbonyl (C=O) groups excluding carboxylic acids is 2. The number of carbonyl (C=O) groups is 2. The van der Waals surface area contributed by atoms with E-state index in [1.807, 2.05) is 26.0 Å². The molecule has 0 aromatic heterocycles. The van der Waals surface area contributed by atoms with Gasteiger partial charge in [-0.15, -0.1) is 0 Å². The molecular weight excluding hydrogens is 426 g/mol. The van der Waals surface area contributed by atoms with Crippen molar-refractivity contribution in [2.75, 3.05) is 35.5 Å². The summed E-state index contributed by atoms with van der Waals surface area (Å²) in [6.45, 7) is 10.7. The molecule has 0 heterocycles. The van der Waals surface area contributed by atoms with Crippen LogP contribution in [0.2, 0.25) is 0 Å². The maximum absolute atomic E-state index is 12.8. The molecule has 2 aromatic carbocycles. The van der Waals surface area contributed by atoms with Gasteiger partial charge in [-0.05, 0) is 49.1 Å². The molecule has 0 spiro atoms. The number of para-hydroxylation sites is 1. The second-order valence-corrected chi connectivity index (χ2v) is 10.5. The number of nitrogens with zero attached hydrogens (tertiary/aromatic N) is 2. The van der Waals surface area contributed by atoms with E-state index in [1.54, 1.807) is 41.3 Å². The summed E-state index contributed by atoms with van der Waals surface area (Å²) in [5, 5.41) is 2.71. The fourth-order valence-corrected chi connectivity index (χ4v) is 4.16. The summed E-state index contributed by atoms with van der Waals surface area (Å²) in [4.78, 5) is 27.3. The largest absolute Gasteiger partial charge is 0.339 e. The summed E-state index contributed by atoms with van der Waals surface area (Å²) in [5.74, 6) is -0.723. The van der Waals surface area contributed by atoms with Crippen LogP contribution in [0.25, 0.3) is 0 Å². The van der Waals surface area contributed by atoms with Crippen molar-refractivity contribution in [3.05, 3.63) is 59.7 Å². The molecule has 2 amide bonds. The summed E-state index contributed by atoms with van der Waals surface area (Å²) >= 11 is 0. The van der Waals surface area contributed by atoms with Crippen LogP contribution < -0.4 is 9.62 Å². The van der Waals surface area contributed by atoms with E-state index in [1.165, 1.54) is 0 Å². The Hall–Kier alpha value is -2.87. The molecule has 0 atom stereocenters. The highest BCUT2D eigenvalue weighted by Crippen LogP contribution is 2.26. The van der Waals surface area contributed by atoms with Crippen LogP contribution in [0.4, 0.5) is 11.4 Å². The molecule has 2 aromatic rings. The van der Waals surface area contributed by atoms with Gasteiger partial charge in [0, 0.05) is 13.1 Å². The van der Waals surface area contributed by atoms with E-state index >= 15 is 0 Å². The third-order valence-electron chi connectivity index (χ3n) is 5.19. The number of rotatable bonds is 8. The lowest BCUT2D eigenvalue weighted by Crippen LogP contribution is -2.38. The lowest BCUT2D eigenvalue weighted by Gasteiger charge is -2.24. The molecule has 0 saturated carbocycles. The molecule has 0 saturated heterocycles. The maximum Gasteiger partial charge on any atom is 0.255 e. The van der Waals surface area contributed by atoms with E-state index in [9.17, 15) is 18.0 Å². The number of benzene rings is 2. The number of anilines is 2. The number of hydrogen-bond donors (Lipinski definition) is 1. The second kappa shape index (κ2) is 10.2. The fraction of sp³-hybridized carbons (Fsp3) is 0.417. The van der Waals surface area contributed by atoms with Crippen LogP contribution >= 0.6 is 0 Å². The van der Waals surface area contributed by atoms with Crippen LogP contribution in [0.1, 0.15) is 50.5 Å². The van der Waals surface area contributed by atoms with Gasteiger partial charge in [0.1, 0.15) is 6.54 Å². The van der Waals surface area contributed by atoms with Gasteiger partial charge in [-0.1, -0.05) is 45.0 Å². The van der Waals surface area contributed by atoms with Crippen molar-refractivity contribution < 1.29 is 18.0 Å². The number of amides is 2. The standard InChI is InChI=1S/C24H33N3O4S/c1-7-26(8-2)23(29)20-11-9-10-12-21(20)25-22(28)17-27(32(6,30)31)19-15-13-18(14-16-19)24(3,4)5/h9-16H,7-8,17H2,1-6H3,(H,25,28). The molecule has 0 radical (unpaired) electrons. The summed E-state index contributed by atoms with van der Waals surface area (Å²) < 4.78 is 25.9. The van der Waals surface area contributed by atoms with Crippen LogP contribution in [0.15, 0.2) is 48.5 Å². The van der Waals surface area contributed by atoms with Gasteiger partial charge in [-0.3, -0.25) is 13.9 Å². The molecule has 8 heteroatoms. The summed E-state index contributed by atoms with van der Waals surface area (Å²) in [5.41, 5.74) is 2.11. The molecule has 32 heavy (non-hydrogen) atoms. The minimum atomic E-state index is -3.70. The fourth-order valence-electron chi connectivity index (χ4n) is 3.31. The first-order valence-electron chi connectivity index (χ1n) is 10.6. The third kappa shape index (κ3) is 6.32. The first kappa shape index (κ1) is 25.4. The Labute approximate surface area is 191 Å². The Bertz CT molecular complexity index is 1050. The van der Waals surface area contributed by atoms with Crippen molar-refractivity contribution >= 4 is 33.2 Å². The Morgan fingerprint density at radius 2 is 1.50 bits per heavy atom. The van der Waals surface area contributed by atoms with Gasteiger partial charge < -0.3 is 10.2 Å². The van der Waals surface area contributed by atoms with Gasteiger partial charge in [0.15, 0.2) is 0 Å². The highest BCUT2D eigenvalue weighted by Gasteiger charge is 2.23. The zero-order valence-electron chi connectivity index (χ0n) is 19.7. The van der Waals surface area contributed by atoms with E-state index in [0.29, 0.717) is 30.0 Å². The predicted molar refractivity (Wildman–Crippen MR) is 130 cm³/mol. The normalized spacial score (nSPS) is 11.7. The number of nitrogens with one attached hydrogen (secondary N) is 1. The van der Waals surface area contributed by atoms with Crippen LogP contribution in [0.5, 0.6) is 0 Å². The Morgan fingerprint density at radius 1 is 0.938 bits per heavy atom. The van der Waals surface area contributed by atoms with Gasteiger partial charge in [0.25, 0.3) is 5.91 Å². The van der Waals surface area contributed by atoms with Crippen LogP contribution in [-0.2, 0) is 20.2 Å². The van der Waals surface area contributed by atoms with Gasteiger partial charge in [-0.2, -0.15) is 0 Å². The lowest BCUT2D eigenvalue weighted by atomic mass is 9.87. The molecule has 0 fully saturated rings. The van der Waals surface area contributed by atoms with Crippen molar-refractivity contribution in [3.63, 3.8) is 0 Å². The Balaban J connectivity index is 2.27. The van der Waals surface area contributed by atoms with E-state index in [0.717, 1.165) is 16.1 Å². The quantitative estimate of drug-likeness (QED) is 0.649. The number of hydrogen-bond acceptors (Lipinski definition) is 4. The first-order valence-corrected chi connectivity index (χ1v) is 12.5. The number of sulfonamides is 1. The van der Waals surface area contributed by atoms with Gasteiger partial charge >= 0.3 is 0 Å². The predicted octanol–water partition coefficient (Wildman–Crippen LogP) is 3.87. The topological polar surface area (TPSA) is 86.8 Å². The molecule has 7 nitrogen and oxygen atoms in total. The smallest absolute Gasteiger partial charge is 0.255 e. The minimum absolute atomic E-state index is 0.0765. The lowest BCUT2D eigenvalue weighted by molar-refractivity contribution is -0.114. The summed E-state index contributed by atoms with van der Waals surface area (Å²) in [6, 6.07) is 13.9. The van der Waals surface area contributed by atoms with Crippen molar-refractivity contribution in [3.8, 4) is 0 Å². The molecule has 0 bridgehead atoms. The van der Waals surface area contributed by atoms with Crippen molar-refractivity contribution in [1.29, 1.82) is 0 Å². The highest BCUT2D eigenvalue weighted by molar-refractivity contribution is 7.92. The third-order valence-corrected chi connectivity index (χ3v) is 6.33. The van der Waals surface area contributed by atoms with E-state index in [-0.39, 0.29) is 11.3 Å². The Morgan fingerprint density at radius 3 is 2.00 bits per heavy atom. The Kier molecular flexibility index (Phi) is 8.07. The second-order valence-electron chi connectivity index (χ2n) is 8.64. The van der Waals surface area contributed by atoms with Crippen molar-refractivity contribution in [1.82, 2.24) is 4.90 Å². The first-order chi connectivity index (χ1) is 14.9. The zero-order valence-corrected chi connectivity index (χ0v) is 20.5. The van der Waals surface area contributed by atoms with Crippen LogP contribution in [-0.4, -0.2) is 51.0 Å². The average Bonchev–Trinajstić information content (AvgIpc) is 2.72. The van der Waals surface area contributed by atoms with E-state index in [2.05, 4.69) is 26.1 Å².